The van der Waals surface area contributed by atoms with Crippen molar-refractivity contribution in [3.05, 3.63) is 58.1 Å². The number of methoxy groups -OCH3 is 1. The largest absolute Gasteiger partial charge is 0.467 e. The molecular weight excluding hydrogens is 449 g/mol. The molecule has 0 saturated carbocycles. The second-order valence-corrected chi connectivity index (χ2v) is 13.6. The first-order valence-corrected chi connectivity index (χ1v) is 14.1. The second-order valence-electron chi connectivity index (χ2n) is 11.8. The van der Waals surface area contributed by atoms with Gasteiger partial charge in [0, 0.05) is 36.5 Å². The molecule has 0 fully saturated rings. The fraction of sp³-hybridized carbons (Fsp3) is 0.613. The summed E-state index contributed by atoms with van der Waals surface area (Å²) in [6.07, 6.45) is 1.04. The van der Waals surface area contributed by atoms with Gasteiger partial charge in [0.05, 0.1) is 0 Å². The van der Waals surface area contributed by atoms with Crippen LogP contribution in [0.15, 0.2) is 30.3 Å². The van der Waals surface area contributed by atoms with Crippen LogP contribution in [0, 0.1) is 13.8 Å². The van der Waals surface area contributed by atoms with Crippen molar-refractivity contribution < 1.29 is 9.47 Å². The highest BCUT2D eigenvalue weighted by atomic mass is 31.1. The second kappa shape index (κ2) is 12.2. The molecule has 0 aliphatic rings. The molecule has 0 saturated heterocycles. The average Bonchev–Trinajstić information content (AvgIpc) is 2.76. The summed E-state index contributed by atoms with van der Waals surface area (Å²) < 4.78 is 11.6. The van der Waals surface area contributed by atoms with Crippen LogP contribution in [0.5, 0.6) is 5.75 Å². The van der Waals surface area contributed by atoms with E-state index < -0.39 is 0 Å². The van der Waals surface area contributed by atoms with E-state index in [0.29, 0.717) is 20.7 Å². The molecule has 3 nitrogen and oxygen atoms in total. The van der Waals surface area contributed by atoms with Crippen molar-refractivity contribution in [2.75, 3.05) is 13.9 Å². The minimum Gasteiger partial charge on any atom is -0.467 e. The lowest BCUT2D eigenvalue weighted by Gasteiger charge is -2.36. The van der Waals surface area contributed by atoms with Crippen LogP contribution in [-0.2, 0) is 21.9 Å². The van der Waals surface area contributed by atoms with Gasteiger partial charge in [0.15, 0.2) is 6.79 Å². The number of ether oxygens (including phenoxy) is 2. The summed E-state index contributed by atoms with van der Waals surface area (Å²) in [6.45, 7) is 26.5. The lowest BCUT2D eigenvalue weighted by atomic mass is 9.82. The van der Waals surface area contributed by atoms with E-state index in [0.717, 1.165) is 18.7 Å². The number of aryl methyl sites for hydroxylation is 2. The van der Waals surface area contributed by atoms with Gasteiger partial charge in [-0.05, 0) is 80.9 Å². The number of hydrogen-bond acceptors (Lipinski definition) is 3. The lowest BCUT2D eigenvalue weighted by molar-refractivity contribution is 0.0495. The average molecular weight is 500 g/mol. The SMILES string of the molecule is CCC(C)(Pc1c(C)cccc1CN(C(C)C)C(C)C)c1cc(C(C)(C)C)cc(C)c1OCOC. The molecule has 2 unspecified atom stereocenters. The van der Waals surface area contributed by atoms with E-state index in [1.54, 1.807) is 7.11 Å². The predicted octanol–water partition coefficient (Wildman–Crippen LogP) is 7.83. The van der Waals surface area contributed by atoms with Gasteiger partial charge in [-0.25, -0.2) is 0 Å². The van der Waals surface area contributed by atoms with Crippen molar-refractivity contribution in [1.29, 1.82) is 0 Å². The summed E-state index contributed by atoms with van der Waals surface area (Å²) in [4.78, 5) is 2.59. The molecule has 35 heavy (non-hydrogen) atoms. The maximum absolute atomic E-state index is 6.23. The monoisotopic (exact) mass is 499 g/mol. The summed E-state index contributed by atoms with van der Waals surface area (Å²) in [5.41, 5.74) is 6.75. The molecule has 196 valence electrons. The standard InChI is InChI=1S/C31H50NO2P/c1-13-31(11,27-18-26(30(8,9)10)17-24(7)28(27)34-20-33-12)35-29-23(6)15-14-16-25(29)19-32(21(2)3)22(4)5/h14-18,21-22,35H,13,19-20H2,1-12H3. The van der Waals surface area contributed by atoms with Crippen LogP contribution in [0.25, 0.3) is 0 Å². The summed E-state index contributed by atoms with van der Waals surface area (Å²) in [5, 5.41) is 1.45. The molecule has 0 aromatic heterocycles. The number of hydrogen-bond donors (Lipinski definition) is 0. The van der Waals surface area contributed by atoms with Crippen LogP contribution in [-0.4, -0.2) is 30.9 Å². The van der Waals surface area contributed by atoms with Crippen molar-refractivity contribution >= 4 is 13.9 Å². The van der Waals surface area contributed by atoms with Gasteiger partial charge in [0.25, 0.3) is 0 Å². The number of nitrogens with zero attached hydrogens (tertiary/aromatic N) is 1. The lowest BCUT2D eigenvalue weighted by Crippen LogP contribution is -2.37. The third-order valence-electron chi connectivity index (χ3n) is 7.20. The van der Waals surface area contributed by atoms with Crippen molar-refractivity contribution in [1.82, 2.24) is 4.90 Å². The Morgan fingerprint density at radius 2 is 1.57 bits per heavy atom. The van der Waals surface area contributed by atoms with Crippen molar-refractivity contribution in [2.45, 2.75) is 112 Å². The van der Waals surface area contributed by atoms with E-state index in [9.17, 15) is 0 Å². The Morgan fingerprint density at radius 1 is 0.943 bits per heavy atom. The normalized spacial score (nSPS) is 14.5. The van der Waals surface area contributed by atoms with Gasteiger partial charge in [-0.2, -0.15) is 0 Å². The minimum atomic E-state index is -0.0452. The van der Waals surface area contributed by atoms with Gasteiger partial charge in [-0.3, -0.25) is 4.90 Å². The molecule has 2 aromatic rings. The van der Waals surface area contributed by atoms with E-state index in [-0.39, 0.29) is 17.4 Å². The highest BCUT2D eigenvalue weighted by molar-refractivity contribution is 7.48. The fourth-order valence-corrected chi connectivity index (χ4v) is 6.40. The first-order valence-electron chi connectivity index (χ1n) is 13.1. The Hall–Kier alpha value is -1.41. The molecule has 4 heteroatoms. The maximum atomic E-state index is 6.23. The minimum absolute atomic E-state index is 0.0452. The first kappa shape index (κ1) is 29.8. The molecule has 0 aliphatic heterocycles. The van der Waals surface area contributed by atoms with Gasteiger partial charge in [-0.1, -0.05) is 73.5 Å². The van der Waals surface area contributed by atoms with E-state index in [2.05, 4.69) is 111 Å². The number of benzene rings is 2. The third-order valence-corrected chi connectivity index (χ3v) is 9.34. The van der Waals surface area contributed by atoms with E-state index in [1.165, 1.54) is 33.1 Å². The van der Waals surface area contributed by atoms with Gasteiger partial charge in [0.1, 0.15) is 5.75 Å². The summed E-state index contributed by atoms with van der Waals surface area (Å²) in [7, 11) is 2.33. The smallest absolute Gasteiger partial charge is 0.188 e. The molecular formula is C31H50NO2P. The van der Waals surface area contributed by atoms with Crippen molar-refractivity contribution in [2.24, 2.45) is 0 Å². The molecule has 0 bridgehead atoms. The predicted molar refractivity (Wildman–Crippen MR) is 155 cm³/mol. The van der Waals surface area contributed by atoms with Crippen LogP contribution in [0.4, 0.5) is 0 Å². The third kappa shape index (κ3) is 7.31. The van der Waals surface area contributed by atoms with E-state index in [1.807, 2.05) is 0 Å². The zero-order valence-corrected chi connectivity index (χ0v) is 25.4. The van der Waals surface area contributed by atoms with Crippen LogP contribution < -0.4 is 10.0 Å². The van der Waals surface area contributed by atoms with Crippen LogP contribution in [0.1, 0.15) is 96.6 Å². The van der Waals surface area contributed by atoms with Gasteiger partial charge in [0.2, 0.25) is 0 Å². The zero-order valence-electron chi connectivity index (χ0n) is 24.4. The molecule has 0 N–H and O–H groups in total. The Bertz CT molecular complexity index is 969. The molecule has 0 amide bonds. The van der Waals surface area contributed by atoms with E-state index >= 15 is 0 Å². The van der Waals surface area contributed by atoms with Crippen LogP contribution in [0.3, 0.4) is 0 Å². The molecule has 2 rings (SSSR count). The van der Waals surface area contributed by atoms with Gasteiger partial charge < -0.3 is 9.47 Å². The fourth-order valence-electron chi connectivity index (χ4n) is 4.75. The molecule has 0 heterocycles. The summed E-state index contributed by atoms with van der Waals surface area (Å²) >= 11 is 0. The highest BCUT2D eigenvalue weighted by Gasteiger charge is 2.33. The van der Waals surface area contributed by atoms with Crippen LogP contribution >= 0.6 is 8.58 Å². The number of rotatable bonds is 11. The highest BCUT2D eigenvalue weighted by Crippen LogP contribution is 2.50. The zero-order chi connectivity index (χ0) is 26.6. The Labute approximate surface area is 217 Å². The topological polar surface area (TPSA) is 21.7 Å². The maximum Gasteiger partial charge on any atom is 0.188 e. The Balaban J connectivity index is 2.66. The summed E-state index contributed by atoms with van der Waals surface area (Å²) in [5.74, 6) is 0.984. The van der Waals surface area contributed by atoms with Gasteiger partial charge >= 0.3 is 0 Å². The Morgan fingerprint density at radius 3 is 2.09 bits per heavy atom. The molecule has 2 atom stereocenters. The van der Waals surface area contributed by atoms with Crippen molar-refractivity contribution in [3.8, 4) is 5.75 Å². The Kier molecular flexibility index (Phi) is 10.4. The molecule has 2 aromatic carbocycles. The van der Waals surface area contributed by atoms with Crippen molar-refractivity contribution in [3.63, 3.8) is 0 Å². The quantitative estimate of drug-likeness (QED) is 0.232. The summed E-state index contributed by atoms with van der Waals surface area (Å²) in [6, 6.07) is 12.5. The van der Waals surface area contributed by atoms with Crippen LogP contribution in [0.2, 0.25) is 0 Å². The van der Waals surface area contributed by atoms with Gasteiger partial charge in [-0.15, -0.1) is 0 Å². The molecule has 0 aliphatic carbocycles. The molecule has 0 radical (unpaired) electrons. The first-order chi connectivity index (χ1) is 16.2. The van der Waals surface area contributed by atoms with E-state index in [4.69, 9.17) is 9.47 Å². The molecule has 0 spiro atoms.